The minimum Gasteiger partial charge on any atom is -0.493 e. The first-order valence-corrected chi connectivity index (χ1v) is 12.9. The van der Waals surface area contributed by atoms with Gasteiger partial charge in [-0.2, -0.15) is 4.31 Å². The highest BCUT2D eigenvalue weighted by molar-refractivity contribution is 7.89. The first kappa shape index (κ1) is 25.7. The summed E-state index contributed by atoms with van der Waals surface area (Å²) in [6.45, 7) is 2.20. The fourth-order valence-corrected chi connectivity index (χ4v) is 6.23. The molecule has 1 atom stereocenters. The minimum atomic E-state index is -3.86. The second kappa shape index (κ2) is 10.3. The van der Waals surface area contributed by atoms with Gasteiger partial charge in [0.25, 0.3) is 0 Å². The molecule has 8 nitrogen and oxygen atoms in total. The summed E-state index contributed by atoms with van der Waals surface area (Å²) < 4.78 is 57.2. The van der Waals surface area contributed by atoms with E-state index in [1.54, 1.807) is 50.6 Å². The number of benzene rings is 3. The van der Waals surface area contributed by atoms with Gasteiger partial charge in [-0.25, -0.2) is 8.42 Å². The third kappa shape index (κ3) is 4.44. The molecule has 3 aromatic rings. The molecule has 9 heteroatoms. The molecule has 0 bridgehead atoms. The zero-order chi connectivity index (χ0) is 26.0. The van der Waals surface area contributed by atoms with Gasteiger partial charge in [0, 0.05) is 6.54 Å². The molecule has 1 unspecified atom stereocenters. The number of aryl methyl sites for hydroxylation is 1. The number of hydrogen-bond donors (Lipinski definition) is 0. The second-order valence-corrected chi connectivity index (χ2v) is 10.3. The molecule has 36 heavy (non-hydrogen) atoms. The molecule has 0 N–H and O–H groups in total. The van der Waals surface area contributed by atoms with Crippen LogP contribution in [0.3, 0.4) is 0 Å². The number of sulfonamides is 1. The van der Waals surface area contributed by atoms with Crippen molar-refractivity contribution in [3.63, 3.8) is 0 Å². The van der Waals surface area contributed by atoms with Crippen LogP contribution in [0.1, 0.15) is 28.3 Å². The van der Waals surface area contributed by atoms with E-state index in [4.69, 9.17) is 23.7 Å². The molecule has 0 saturated heterocycles. The molecule has 1 aliphatic rings. The van der Waals surface area contributed by atoms with Gasteiger partial charge in [-0.1, -0.05) is 17.7 Å². The fourth-order valence-electron chi connectivity index (χ4n) is 4.63. The molecule has 0 amide bonds. The fraction of sp³-hybridized carbons (Fsp3) is 0.333. The number of nitrogens with zero attached hydrogens (tertiary/aromatic N) is 1. The number of rotatable bonds is 8. The topological polar surface area (TPSA) is 83.5 Å². The normalized spacial score (nSPS) is 15.7. The van der Waals surface area contributed by atoms with Crippen LogP contribution in [0.15, 0.2) is 53.4 Å². The lowest BCUT2D eigenvalue weighted by atomic mass is 9.89. The van der Waals surface area contributed by atoms with Crippen LogP contribution >= 0.6 is 0 Å². The molecular formula is C27H31NO7S. The lowest BCUT2D eigenvalue weighted by Crippen LogP contribution is -2.40. The van der Waals surface area contributed by atoms with Gasteiger partial charge in [0.15, 0.2) is 23.0 Å². The average molecular weight is 514 g/mol. The maximum absolute atomic E-state index is 14.0. The van der Waals surface area contributed by atoms with Crippen molar-refractivity contribution in [2.45, 2.75) is 24.3 Å². The summed E-state index contributed by atoms with van der Waals surface area (Å²) >= 11 is 0. The van der Waals surface area contributed by atoms with Crippen molar-refractivity contribution in [3.05, 3.63) is 70.8 Å². The van der Waals surface area contributed by atoms with E-state index >= 15 is 0 Å². The molecule has 0 radical (unpaired) electrons. The van der Waals surface area contributed by atoms with Crippen molar-refractivity contribution in [3.8, 4) is 28.7 Å². The minimum absolute atomic E-state index is 0.231. The quantitative estimate of drug-likeness (QED) is 0.442. The highest BCUT2D eigenvalue weighted by Crippen LogP contribution is 2.47. The monoisotopic (exact) mass is 513 g/mol. The van der Waals surface area contributed by atoms with E-state index in [0.29, 0.717) is 40.7 Å². The average Bonchev–Trinajstić information content (AvgIpc) is 2.90. The Labute approximate surface area is 212 Å². The van der Waals surface area contributed by atoms with Crippen LogP contribution < -0.4 is 23.7 Å². The molecule has 1 aliphatic heterocycles. The molecule has 0 aromatic heterocycles. The third-order valence-electron chi connectivity index (χ3n) is 6.46. The van der Waals surface area contributed by atoms with Gasteiger partial charge < -0.3 is 23.7 Å². The summed E-state index contributed by atoms with van der Waals surface area (Å²) in [5.41, 5.74) is 3.43. The standard InChI is InChI=1S/C27H31NO7S/c1-17-7-9-20(10-8-17)36(29,30)28-12-11-18-13-22(31-2)23(32-3)16-21(18)26(28)19-14-24(33-4)27(35-6)25(15-19)34-5/h7-10,13-16,26H,11-12H2,1-6H3. The van der Waals surface area contributed by atoms with Crippen LogP contribution in [-0.4, -0.2) is 54.8 Å². The Morgan fingerprint density at radius 1 is 0.750 bits per heavy atom. The van der Waals surface area contributed by atoms with Crippen LogP contribution in [0.5, 0.6) is 28.7 Å². The number of ether oxygens (including phenoxy) is 5. The van der Waals surface area contributed by atoms with Crippen LogP contribution in [0.25, 0.3) is 0 Å². The molecule has 4 rings (SSSR count). The van der Waals surface area contributed by atoms with Crippen molar-refractivity contribution in [1.29, 1.82) is 0 Å². The molecule has 1 heterocycles. The predicted octanol–water partition coefficient (Wildman–Crippen LogP) is 4.37. The number of methoxy groups -OCH3 is 5. The van der Waals surface area contributed by atoms with Crippen LogP contribution in [0, 0.1) is 6.92 Å². The molecule has 0 spiro atoms. The maximum Gasteiger partial charge on any atom is 0.243 e. The van der Waals surface area contributed by atoms with Gasteiger partial charge in [-0.05, 0) is 66.4 Å². The van der Waals surface area contributed by atoms with Crippen molar-refractivity contribution < 1.29 is 32.1 Å². The SMILES string of the molecule is COc1cc2c(cc1OC)C(c1cc(OC)c(OC)c(OC)c1)N(S(=O)(=O)c1ccc(C)cc1)CC2. The lowest BCUT2D eigenvalue weighted by molar-refractivity contribution is 0.315. The molecule has 0 saturated carbocycles. The summed E-state index contributed by atoms with van der Waals surface area (Å²) in [5, 5.41) is 0. The van der Waals surface area contributed by atoms with Gasteiger partial charge in [-0.15, -0.1) is 0 Å². The first-order chi connectivity index (χ1) is 17.3. The van der Waals surface area contributed by atoms with Crippen molar-refractivity contribution >= 4 is 10.0 Å². The Bertz CT molecular complexity index is 1330. The van der Waals surface area contributed by atoms with Crippen molar-refractivity contribution in [1.82, 2.24) is 4.31 Å². The van der Waals surface area contributed by atoms with Crippen LogP contribution in [-0.2, 0) is 16.4 Å². The van der Waals surface area contributed by atoms with Gasteiger partial charge >= 0.3 is 0 Å². The Balaban J connectivity index is 1.98. The van der Waals surface area contributed by atoms with E-state index in [2.05, 4.69) is 0 Å². The Hall–Kier alpha value is -3.43. The van der Waals surface area contributed by atoms with E-state index in [-0.39, 0.29) is 11.4 Å². The third-order valence-corrected chi connectivity index (χ3v) is 8.34. The summed E-state index contributed by atoms with van der Waals surface area (Å²) in [6, 6.07) is 13.5. The number of hydrogen-bond acceptors (Lipinski definition) is 7. The summed E-state index contributed by atoms with van der Waals surface area (Å²) in [5.74, 6) is 2.41. The van der Waals surface area contributed by atoms with Gasteiger partial charge in [0.1, 0.15) is 0 Å². The first-order valence-electron chi connectivity index (χ1n) is 11.4. The second-order valence-electron chi connectivity index (χ2n) is 8.45. The smallest absolute Gasteiger partial charge is 0.243 e. The van der Waals surface area contributed by atoms with Crippen LogP contribution in [0.4, 0.5) is 0 Å². The predicted molar refractivity (Wildman–Crippen MR) is 136 cm³/mol. The van der Waals surface area contributed by atoms with E-state index < -0.39 is 16.1 Å². The summed E-state index contributed by atoms with van der Waals surface area (Å²) in [7, 11) is 3.87. The Morgan fingerprint density at radius 2 is 1.31 bits per heavy atom. The zero-order valence-corrected chi connectivity index (χ0v) is 22.1. The van der Waals surface area contributed by atoms with E-state index in [1.807, 2.05) is 19.1 Å². The van der Waals surface area contributed by atoms with Gasteiger partial charge in [-0.3, -0.25) is 0 Å². The maximum atomic E-state index is 14.0. The van der Waals surface area contributed by atoms with Crippen LogP contribution in [0.2, 0.25) is 0 Å². The summed E-state index contributed by atoms with van der Waals surface area (Å²) in [4.78, 5) is 0.231. The zero-order valence-electron chi connectivity index (χ0n) is 21.3. The van der Waals surface area contributed by atoms with Gasteiger partial charge in [0.05, 0.1) is 46.5 Å². The van der Waals surface area contributed by atoms with E-state index in [9.17, 15) is 8.42 Å². The van der Waals surface area contributed by atoms with E-state index in [0.717, 1.165) is 16.7 Å². The molecule has 3 aromatic carbocycles. The molecular weight excluding hydrogens is 482 g/mol. The highest BCUT2D eigenvalue weighted by atomic mass is 32.2. The largest absolute Gasteiger partial charge is 0.493 e. The Morgan fingerprint density at radius 3 is 1.83 bits per heavy atom. The molecule has 0 fully saturated rings. The highest BCUT2D eigenvalue weighted by Gasteiger charge is 2.39. The van der Waals surface area contributed by atoms with E-state index in [1.165, 1.54) is 25.6 Å². The number of fused-ring (bicyclic) bond motifs is 1. The summed E-state index contributed by atoms with van der Waals surface area (Å²) in [6.07, 6.45) is 0.516. The lowest BCUT2D eigenvalue weighted by Gasteiger charge is -2.37. The molecule has 0 aliphatic carbocycles. The van der Waals surface area contributed by atoms with Crippen molar-refractivity contribution in [2.75, 3.05) is 42.1 Å². The van der Waals surface area contributed by atoms with Gasteiger partial charge in [0.2, 0.25) is 15.8 Å². The Kier molecular flexibility index (Phi) is 7.33. The van der Waals surface area contributed by atoms with Crippen molar-refractivity contribution in [2.24, 2.45) is 0 Å². The molecule has 192 valence electrons.